The number of carbonyl (C=O) groups is 1. The summed E-state index contributed by atoms with van der Waals surface area (Å²) in [5, 5.41) is 12.7. The first-order chi connectivity index (χ1) is 8.72. The Morgan fingerprint density at radius 2 is 2.28 bits per heavy atom. The second-order valence-corrected chi connectivity index (χ2v) is 4.28. The van der Waals surface area contributed by atoms with E-state index >= 15 is 0 Å². The maximum absolute atomic E-state index is 11.6. The van der Waals surface area contributed by atoms with E-state index in [2.05, 4.69) is 5.32 Å². The molecule has 0 atom stereocenters. The SMILES string of the molecule is N#CCCNC(=O)Cn1ccc2c(Cl)cccc21. The van der Waals surface area contributed by atoms with E-state index in [0.29, 0.717) is 18.0 Å². The molecule has 0 radical (unpaired) electrons. The highest BCUT2D eigenvalue weighted by molar-refractivity contribution is 6.35. The van der Waals surface area contributed by atoms with E-state index in [1.807, 2.05) is 41.1 Å². The van der Waals surface area contributed by atoms with Crippen molar-refractivity contribution in [2.45, 2.75) is 13.0 Å². The second-order valence-electron chi connectivity index (χ2n) is 3.87. The fourth-order valence-corrected chi connectivity index (χ4v) is 2.02. The zero-order valence-corrected chi connectivity index (χ0v) is 10.4. The molecule has 18 heavy (non-hydrogen) atoms. The van der Waals surface area contributed by atoms with Gasteiger partial charge in [0, 0.05) is 28.7 Å². The Morgan fingerprint density at radius 1 is 1.44 bits per heavy atom. The summed E-state index contributed by atoms with van der Waals surface area (Å²) in [7, 11) is 0. The Bertz CT molecular complexity index is 612. The van der Waals surface area contributed by atoms with Crippen LogP contribution in [0.2, 0.25) is 5.02 Å². The normalized spacial score (nSPS) is 10.2. The largest absolute Gasteiger partial charge is 0.354 e. The smallest absolute Gasteiger partial charge is 0.239 e. The Morgan fingerprint density at radius 3 is 3.06 bits per heavy atom. The van der Waals surface area contributed by atoms with E-state index in [-0.39, 0.29) is 12.5 Å². The molecule has 1 heterocycles. The third kappa shape index (κ3) is 2.63. The lowest BCUT2D eigenvalue weighted by molar-refractivity contribution is -0.121. The number of benzene rings is 1. The first-order valence-electron chi connectivity index (χ1n) is 5.59. The lowest BCUT2D eigenvalue weighted by Crippen LogP contribution is -2.27. The van der Waals surface area contributed by atoms with Gasteiger partial charge < -0.3 is 9.88 Å². The van der Waals surface area contributed by atoms with Gasteiger partial charge in [0.2, 0.25) is 5.91 Å². The number of aromatic nitrogens is 1. The maximum atomic E-state index is 11.6. The molecule has 0 fully saturated rings. The highest BCUT2D eigenvalue weighted by atomic mass is 35.5. The van der Waals surface area contributed by atoms with Crippen LogP contribution in [0.5, 0.6) is 0 Å². The highest BCUT2D eigenvalue weighted by Crippen LogP contribution is 2.23. The van der Waals surface area contributed by atoms with E-state index in [1.54, 1.807) is 0 Å². The maximum Gasteiger partial charge on any atom is 0.239 e. The minimum Gasteiger partial charge on any atom is -0.354 e. The molecule has 4 nitrogen and oxygen atoms in total. The molecule has 0 spiro atoms. The number of amides is 1. The van der Waals surface area contributed by atoms with Gasteiger partial charge in [-0.05, 0) is 18.2 Å². The van der Waals surface area contributed by atoms with Crippen molar-refractivity contribution in [3.05, 3.63) is 35.5 Å². The molecule has 0 unspecified atom stereocenters. The average Bonchev–Trinajstić information content (AvgIpc) is 2.74. The first kappa shape index (κ1) is 12.5. The third-order valence-electron chi connectivity index (χ3n) is 2.63. The van der Waals surface area contributed by atoms with E-state index in [0.717, 1.165) is 10.9 Å². The van der Waals surface area contributed by atoms with Crippen molar-refractivity contribution >= 4 is 28.4 Å². The lowest BCUT2D eigenvalue weighted by Gasteiger charge is -2.06. The number of hydrogen-bond donors (Lipinski definition) is 1. The molecule has 0 aliphatic carbocycles. The molecule has 2 aromatic rings. The summed E-state index contributed by atoms with van der Waals surface area (Å²) in [5.41, 5.74) is 0.929. The number of fused-ring (bicyclic) bond motifs is 1. The number of nitrogens with one attached hydrogen (secondary N) is 1. The Labute approximate surface area is 110 Å². The summed E-state index contributed by atoms with van der Waals surface area (Å²) in [5.74, 6) is -0.109. The minimum atomic E-state index is -0.109. The van der Waals surface area contributed by atoms with Crippen LogP contribution in [0.4, 0.5) is 0 Å². The van der Waals surface area contributed by atoms with E-state index < -0.39 is 0 Å². The van der Waals surface area contributed by atoms with Crippen molar-refractivity contribution in [1.82, 2.24) is 9.88 Å². The summed E-state index contributed by atoms with van der Waals surface area (Å²) < 4.78 is 1.84. The molecule has 0 saturated heterocycles. The molecule has 1 amide bonds. The van der Waals surface area contributed by atoms with Gasteiger partial charge >= 0.3 is 0 Å². The van der Waals surface area contributed by atoms with Crippen molar-refractivity contribution < 1.29 is 4.79 Å². The summed E-state index contributed by atoms with van der Waals surface area (Å²) in [6.07, 6.45) is 2.16. The summed E-state index contributed by atoms with van der Waals surface area (Å²) >= 11 is 6.06. The van der Waals surface area contributed by atoms with Crippen LogP contribution >= 0.6 is 11.6 Å². The van der Waals surface area contributed by atoms with Crippen LogP contribution in [0, 0.1) is 11.3 Å². The zero-order chi connectivity index (χ0) is 13.0. The monoisotopic (exact) mass is 261 g/mol. The van der Waals surface area contributed by atoms with Crippen LogP contribution < -0.4 is 5.32 Å². The van der Waals surface area contributed by atoms with Crippen LogP contribution in [0.25, 0.3) is 10.9 Å². The van der Waals surface area contributed by atoms with Crippen molar-refractivity contribution in [2.24, 2.45) is 0 Å². The minimum absolute atomic E-state index is 0.109. The van der Waals surface area contributed by atoms with Crippen LogP contribution in [0.1, 0.15) is 6.42 Å². The number of carbonyl (C=O) groups excluding carboxylic acids is 1. The number of rotatable bonds is 4. The van der Waals surface area contributed by atoms with Crippen LogP contribution in [0.3, 0.4) is 0 Å². The van der Waals surface area contributed by atoms with Gasteiger partial charge in [0.15, 0.2) is 0 Å². The van der Waals surface area contributed by atoms with Crippen LogP contribution in [0.15, 0.2) is 30.5 Å². The van der Waals surface area contributed by atoms with Crippen molar-refractivity contribution in [3.8, 4) is 6.07 Å². The molecule has 0 bridgehead atoms. The Hall–Kier alpha value is -1.99. The van der Waals surface area contributed by atoms with Gasteiger partial charge in [0.1, 0.15) is 6.54 Å². The van der Waals surface area contributed by atoms with E-state index in [4.69, 9.17) is 16.9 Å². The summed E-state index contributed by atoms with van der Waals surface area (Å²) in [6, 6.07) is 9.47. The van der Waals surface area contributed by atoms with Gasteiger partial charge in [-0.25, -0.2) is 0 Å². The Balaban J connectivity index is 2.11. The zero-order valence-electron chi connectivity index (χ0n) is 9.69. The predicted molar refractivity (Wildman–Crippen MR) is 70.2 cm³/mol. The molecule has 92 valence electrons. The molecular formula is C13H12ClN3O. The number of halogens is 1. The van der Waals surface area contributed by atoms with Gasteiger partial charge in [-0.15, -0.1) is 0 Å². The van der Waals surface area contributed by atoms with Crippen LogP contribution in [-0.2, 0) is 11.3 Å². The Kier molecular flexibility index (Phi) is 3.85. The molecular weight excluding hydrogens is 250 g/mol. The second kappa shape index (κ2) is 5.56. The van der Waals surface area contributed by atoms with Gasteiger partial charge in [-0.1, -0.05) is 17.7 Å². The quantitative estimate of drug-likeness (QED) is 0.859. The number of nitrogens with zero attached hydrogens (tertiary/aromatic N) is 2. The molecule has 2 rings (SSSR count). The van der Waals surface area contributed by atoms with Gasteiger partial charge in [0.25, 0.3) is 0 Å². The fourth-order valence-electron chi connectivity index (χ4n) is 1.79. The topological polar surface area (TPSA) is 57.8 Å². The third-order valence-corrected chi connectivity index (χ3v) is 2.96. The summed E-state index contributed by atoms with van der Waals surface area (Å²) in [6.45, 7) is 0.616. The fraction of sp³-hybridized carbons (Fsp3) is 0.231. The molecule has 5 heteroatoms. The van der Waals surface area contributed by atoms with E-state index in [1.165, 1.54) is 0 Å². The van der Waals surface area contributed by atoms with Crippen molar-refractivity contribution in [2.75, 3.05) is 6.54 Å². The molecule has 1 aromatic heterocycles. The van der Waals surface area contributed by atoms with Gasteiger partial charge in [0.05, 0.1) is 12.5 Å². The predicted octanol–water partition coefficient (Wildman–Crippen LogP) is 2.32. The van der Waals surface area contributed by atoms with E-state index in [9.17, 15) is 4.79 Å². The standard InChI is InChI=1S/C13H12ClN3O/c14-11-3-1-4-12-10(11)5-8-17(12)9-13(18)16-7-2-6-15/h1,3-5,8H,2,7,9H2,(H,16,18). The lowest BCUT2D eigenvalue weighted by atomic mass is 10.2. The number of nitriles is 1. The van der Waals surface area contributed by atoms with Gasteiger partial charge in [-0.2, -0.15) is 5.26 Å². The molecule has 0 aliphatic rings. The van der Waals surface area contributed by atoms with Crippen LogP contribution in [-0.4, -0.2) is 17.0 Å². The molecule has 0 saturated carbocycles. The molecule has 1 N–H and O–H groups in total. The first-order valence-corrected chi connectivity index (χ1v) is 5.97. The van der Waals surface area contributed by atoms with Crippen molar-refractivity contribution in [1.29, 1.82) is 5.26 Å². The number of hydrogen-bond acceptors (Lipinski definition) is 2. The molecule has 1 aromatic carbocycles. The molecule has 0 aliphatic heterocycles. The highest BCUT2D eigenvalue weighted by Gasteiger charge is 2.07. The summed E-state index contributed by atoms with van der Waals surface area (Å²) in [4.78, 5) is 11.6. The average molecular weight is 262 g/mol. The van der Waals surface area contributed by atoms with Gasteiger partial charge in [-0.3, -0.25) is 4.79 Å². The van der Waals surface area contributed by atoms with Crippen molar-refractivity contribution in [3.63, 3.8) is 0 Å².